The molecule has 0 heterocycles. The first kappa shape index (κ1) is 17.0. The largest absolute Gasteiger partial charge is 0.481 e. The molecule has 0 saturated carbocycles. The molecule has 0 aliphatic carbocycles. The summed E-state index contributed by atoms with van der Waals surface area (Å²) in [6, 6.07) is 0. The number of hydrogen-bond acceptors (Lipinski definition) is 3. The number of carboxylic acids is 1. The molecule has 4 N–H and O–H groups in total. The van der Waals surface area contributed by atoms with Crippen LogP contribution in [0.4, 0.5) is 0 Å². The van der Waals surface area contributed by atoms with Gasteiger partial charge in [-0.15, -0.1) is 0 Å². The molecule has 5 nitrogen and oxygen atoms in total. The van der Waals surface area contributed by atoms with Crippen molar-refractivity contribution in [1.82, 2.24) is 0 Å². The van der Waals surface area contributed by atoms with Crippen LogP contribution in [0.2, 0.25) is 0 Å². The minimum absolute atomic E-state index is 0.302. The Hall–Kier alpha value is -0.460. The Morgan fingerprint density at radius 3 is 2.13 bits per heavy atom. The molecule has 0 aliphatic heterocycles. The molecule has 0 aliphatic rings. The highest BCUT2D eigenvalue weighted by atomic mass is 32.2. The number of carboxylic acid groups (broad SMARTS) is 1. The summed E-state index contributed by atoms with van der Waals surface area (Å²) in [5, 5.41) is 8.16. The molecule has 0 aromatic heterocycles. The number of carbonyl (C=O) groups is 1. The zero-order valence-corrected chi connectivity index (χ0v) is 10.1. The predicted molar refractivity (Wildman–Crippen MR) is 61.0 cm³/mol. The second-order valence-electron chi connectivity index (χ2n) is 3.49. The highest BCUT2D eigenvalue weighted by Gasteiger charge is 1.97. The number of hydrogen-bond donors (Lipinski definition) is 3. The summed E-state index contributed by atoms with van der Waals surface area (Å²) in [4.78, 5) is 9.90. The molecule has 0 bridgehead atoms. The standard InChI is InChI=1S/C6H12O2.C3H9NO2S/c1-5(2)3-4-6(7)8;4-2-1-3-7(5)6/h5H,3-4H2,1-2H3,(H,7,8);1-4H2,(H,5,6). The Morgan fingerprint density at radius 2 is 2.00 bits per heavy atom. The van der Waals surface area contributed by atoms with Crippen LogP contribution in [0.3, 0.4) is 0 Å². The summed E-state index contributed by atoms with van der Waals surface area (Å²) >= 11 is -1.65. The van der Waals surface area contributed by atoms with E-state index in [1.54, 1.807) is 0 Å². The SMILES string of the molecule is CC(C)CCC(=O)O.NCCCS(=O)O. The molecular weight excluding hydrogens is 218 g/mol. The first-order chi connectivity index (χ1) is 6.90. The molecule has 0 amide bonds. The molecule has 0 aromatic rings. The summed E-state index contributed by atoms with van der Waals surface area (Å²) < 4.78 is 17.9. The zero-order chi connectivity index (χ0) is 12.3. The first-order valence-corrected chi connectivity index (χ1v) is 6.17. The van der Waals surface area contributed by atoms with Gasteiger partial charge in [0.25, 0.3) is 0 Å². The lowest BCUT2D eigenvalue weighted by molar-refractivity contribution is -0.137. The fraction of sp³-hybridized carbons (Fsp3) is 0.889. The third kappa shape index (κ3) is 24.7. The van der Waals surface area contributed by atoms with Gasteiger partial charge in [-0.25, -0.2) is 4.21 Å². The maximum atomic E-state index is 9.90. The molecule has 0 rings (SSSR count). The van der Waals surface area contributed by atoms with Crippen molar-refractivity contribution in [2.24, 2.45) is 11.7 Å². The first-order valence-electron chi connectivity index (χ1n) is 4.89. The monoisotopic (exact) mass is 239 g/mol. The topological polar surface area (TPSA) is 101 Å². The van der Waals surface area contributed by atoms with E-state index in [0.29, 0.717) is 31.1 Å². The van der Waals surface area contributed by atoms with E-state index >= 15 is 0 Å². The second kappa shape index (κ2) is 11.6. The smallest absolute Gasteiger partial charge is 0.303 e. The van der Waals surface area contributed by atoms with E-state index in [9.17, 15) is 9.00 Å². The van der Waals surface area contributed by atoms with Gasteiger partial charge in [-0.1, -0.05) is 13.8 Å². The van der Waals surface area contributed by atoms with Crippen molar-refractivity contribution in [3.63, 3.8) is 0 Å². The van der Waals surface area contributed by atoms with Crippen molar-refractivity contribution in [2.75, 3.05) is 12.3 Å². The fourth-order valence-corrected chi connectivity index (χ4v) is 1.03. The number of rotatable bonds is 6. The molecule has 0 spiro atoms. The van der Waals surface area contributed by atoms with Gasteiger partial charge in [0.05, 0.1) is 5.75 Å². The van der Waals surface area contributed by atoms with Crippen LogP contribution in [0.1, 0.15) is 33.1 Å². The quantitative estimate of drug-likeness (QED) is 0.602. The Labute approximate surface area is 93.3 Å². The maximum absolute atomic E-state index is 9.90. The van der Waals surface area contributed by atoms with Gasteiger partial charge in [-0.05, 0) is 25.3 Å². The van der Waals surface area contributed by atoms with E-state index in [-0.39, 0.29) is 0 Å². The van der Waals surface area contributed by atoms with Crippen molar-refractivity contribution in [3.05, 3.63) is 0 Å². The van der Waals surface area contributed by atoms with Crippen LogP contribution in [0.25, 0.3) is 0 Å². The van der Waals surface area contributed by atoms with E-state index in [2.05, 4.69) is 0 Å². The average Bonchev–Trinajstić information content (AvgIpc) is 2.12. The van der Waals surface area contributed by atoms with E-state index in [4.69, 9.17) is 15.4 Å². The van der Waals surface area contributed by atoms with Gasteiger partial charge >= 0.3 is 5.97 Å². The Bertz CT molecular complexity index is 185. The van der Waals surface area contributed by atoms with E-state index in [1.165, 1.54) is 0 Å². The maximum Gasteiger partial charge on any atom is 0.303 e. The van der Waals surface area contributed by atoms with Crippen molar-refractivity contribution in [1.29, 1.82) is 0 Å². The van der Waals surface area contributed by atoms with Crippen molar-refractivity contribution < 1.29 is 18.7 Å². The average molecular weight is 239 g/mol. The van der Waals surface area contributed by atoms with Gasteiger partial charge < -0.3 is 15.4 Å². The van der Waals surface area contributed by atoms with Gasteiger partial charge in [0.15, 0.2) is 11.1 Å². The normalized spacial score (nSPS) is 11.8. The van der Waals surface area contributed by atoms with E-state index in [0.717, 1.165) is 6.42 Å². The molecule has 15 heavy (non-hydrogen) atoms. The van der Waals surface area contributed by atoms with Crippen LogP contribution < -0.4 is 5.73 Å². The van der Waals surface area contributed by atoms with Gasteiger partial charge in [0.1, 0.15) is 0 Å². The number of nitrogens with two attached hydrogens (primary N) is 1. The molecule has 0 saturated heterocycles. The number of aliphatic carboxylic acids is 1. The molecule has 0 aromatic carbocycles. The van der Waals surface area contributed by atoms with E-state index in [1.807, 2.05) is 13.8 Å². The van der Waals surface area contributed by atoms with Gasteiger partial charge in [0, 0.05) is 6.42 Å². The summed E-state index contributed by atoms with van der Waals surface area (Å²) in [6.07, 6.45) is 1.72. The highest BCUT2D eigenvalue weighted by Crippen LogP contribution is 2.01. The highest BCUT2D eigenvalue weighted by molar-refractivity contribution is 7.79. The minimum atomic E-state index is -1.65. The Kier molecular flexibility index (Phi) is 13.1. The minimum Gasteiger partial charge on any atom is -0.481 e. The van der Waals surface area contributed by atoms with Crippen LogP contribution in [0, 0.1) is 5.92 Å². The second-order valence-corrected chi connectivity index (χ2v) is 4.55. The van der Waals surface area contributed by atoms with Crippen LogP contribution in [-0.4, -0.2) is 32.1 Å². The lowest BCUT2D eigenvalue weighted by Crippen LogP contribution is -2.04. The summed E-state index contributed by atoms with van der Waals surface area (Å²) in [5.41, 5.74) is 5.03. The lowest BCUT2D eigenvalue weighted by Gasteiger charge is -1.97. The van der Waals surface area contributed by atoms with Crippen LogP contribution in [0.5, 0.6) is 0 Å². The van der Waals surface area contributed by atoms with Crippen LogP contribution in [-0.2, 0) is 15.9 Å². The van der Waals surface area contributed by atoms with Crippen LogP contribution >= 0.6 is 0 Å². The molecule has 1 unspecified atom stereocenters. The molecule has 6 heteroatoms. The molecule has 0 radical (unpaired) electrons. The van der Waals surface area contributed by atoms with Gasteiger partial charge in [-0.2, -0.15) is 0 Å². The molecular formula is C9H21NO4S. The summed E-state index contributed by atoms with van der Waals surface area (Å²) in [7, 11) is 0. The van der Waals surface area contributed by atoms with Crippen LogP contribution in [0.15, 0.2) is 0 Å². The van der Waals surface area contributed by atoms with Gasteiger partial charge in [0.2, 0.25) is 0 Å². The summed E-state index contributed by atoms with van der Waals surface area (Å²) in [5.74, 6) is 0.112. The van der Waals surface area contributed by atoms with Crippen molar-refractivity contribution in [3.8, 4) is 0 Å². The van der Waals surface area contributed by atoms with Crippen molar-refractivity contribution in [2.45, 2.75) is 33.1 Å². The molecule has 1 atom stereocenters. The fourth-order valence-electron chi connectivity index (χ4n) is 0.619. The lowest BCUT2D eigenvalue weighted by atomic mass is 10.1. The zero-order valence-electron chi connectivity index (χ0n) is 9.31. The Morgan fingerprint density at radius 1 is 1.47 bits per heavy atom. The predicted octanol–water partition coefficient (Wildman–Crippen LogP) is 1.06. The third-order valence-corrected chi connectivity index (χ3v) is 2.10. The van der Waals surface area contributed by atoms with Crippen molar-refractivity contribution >= 4 is 17.0 Å². The molecule has 92 valence electrons. The molecule has 0 fully saturated rings. The third-order valence-electron chi connectivity index (χ3n) is 1.46. The van der Waals surface area contributed by atoms with E-state index < -0.39 is 17.0 Å². The Balaban J connectivity index is 0. The van der Waals surface area contributed by atoms with Gasteiger partial charge in [-0.3, -0.25) is 4.79 Å². The summed E-state index contributed by atoms with van der Waals surface area (Å²) in [6.45, 7) is 4.53.